The number of esters is 1. The summed E-state index contributed by atoms with van der Waals surface area (Å²) in [5.41, 5.74) is 1.96. The van der Waals surface area contributed by atoms with Gasteiger partial charge >= 0.3 is 5.97 Å². The molecule has 25 heavy (non-hydrogen) atoms. The van der Waals surface area contributed by atoms with Crippen molar-refractivity contribution in [2.24, 2.45) is 0 Å². The predicted molar refractivity (Wildman–Crippen MR) is 105 cm³/mol. The SMILES string of the molecule is CC(C)(C)c1ccc(NC(=O)COC(=O)CSCc2cccs2)cc1. The molecule has 0 fully saturated rings. The highest BCUT2D eigenvalue weighted by Crippen LogP contribution is 2.23. The number of thioether (sulfide) groups is 1. The number of ether oxygens (including phenoxy) is 1. The maximum absolute atomic E-state index is 11.9. The van der Waals surface area contributed by atoms with Crippen LogP contribution in [0.3, 0.4) is 0 Å². The number of nitrogens with one attached hydrogen (secondary N) is 1. The largest absolute Gasteiger partial charge is 0.455 e. The lowest BCUT2D eigenvalue weighted by atomic mass is 9.87. The van der Waals surface area contributed by atoms with E-state index in [1.807, 2.05) is 41.8 Å². The van der Waals surface area contributed by atoms with Crippen molar-refractivity contribution in [1.29, 1.82) is 0 Å². The van der Waals surface area contributed by atoms with E-state index in [4.69, 9.17) is 4.74 Å². The van der Waals surface area contributed by atoms with Crippen LogP contribution in [-0.4, -0.2) is 24.2 Å². The van der Waals surface area contributed by atoms with Crippen LogP contribution in [0.15, 0.2) is 41.8 Å². The van der Waals surface area contributed by atoms with E-state index in [1.165, 1.54) is 22.2 Å². The molecule has 2 rings (SSSR count). The summed E-state index contributed by atoms with van der Waals surface area (Å²) in [6.07, 6.45) is 0. The van der Waals surface area contributed by atoms with Crippen LogP contribution in [0, 0.1) is 0 Å². The third kappa shape index (κ3) is 6.92. The van der Waals surface area contributed by atoms with Gasteiger partial charge in [0.2, 0.25) is 0 Å². The van der Waals surface area contributed by atoms with Gasteiger partial charge in [0, 0.05) is 16.3 Å². The van der Waals surface area contributed by atoms with Crippen molar-refractivity contribution in [3.05, 3.63) is 52.2 Å². The van der Waals surface area contributed by atoms with E-state index < -0.39 is 0 Å². The number of hydrogen-bond acceptors (Lipinski definition) is 5. The van der Waals surface area contributed by atoms with Crippen LogP contribution in [0.4, 0.5) is 5.69 Å². The lowest BCUT2D eigenvalue weighted by Crippen LogP contribution is -2.21. The summed E-state index contributed by atoms with van der Waals surface area (Å²) in [6, 6.07) is 11.7. The van der Waals surface area contributed by atoms with Crippen molar-refractivity contribution < 1.29 is 14.3 Å². The van der Waals surface area contributed by atoms with Crippen LogP contribution >= 0.6 is 23.1 Å². The second-order valence-corrected chi connectivity index (χ2v) is 8.63. The maximum atomic E-state index is 11.9. The summed E-state index contributed by atoms with van der Waals surface area (Å²) in [7, 11) is 0. The molecule has 0 spiro atoms. The van der Waals surface area contributed by atoms with Crippen molar-refractivity contribution in [3.8, 4) is 0 Å². The zero-order chi connectivity index (χ0) is 18.3. The Bertz CT molecular complexity index is 688. The first-order chi connectivity index (χ1) is 11.8. The van der Waals surface area contributed by atoms with E-state index in [0.29, 0.717) is 5.69 Å². The van der Waals surface area contributed by atoms with Gasteiger partial charge < -0.3 is 10.1 Å². The molecule has 0 aliphatic heterocycles. The summed E-state index contributed by atoms with van der Waals surface area (Å²) in [5, 5.41) is 4.74. The first-order valence-electron chi connectivity index (χ1n) is 8.01. The highest BCUT2D eigenvalue weighted by molar-refractivity contribution is 7.99. The highest BCUT2D eigenvalue weighted by atomic mass is 32.2. The number of hydrogen-bond donors (Lipinski definition) is 1. The molecule has 1 amide bonds. The molecule has 0 saturated carbocycles. The zero-order valence-electron chi connectivity index (χ0n) is 14.7. The average Bonchev–Trinajstić information content (AvgIpc) is 3.06. The Kier molecular flexibility index (Phi) is 7.08. The smallest absolute Gasteiger partial charge is 0.316 e. The molecule has 1 aromatic carbocycles. The fourth-order valence-electron chi connectivity index (χ4n) is 2.07. The molecular weight excluding hydrogens is 354 g/mol. The summed E-state index contributed by atoms with van der Waals surface area (Å²) < 4.78 is 5.01. The Balaban J connectivity index is 1.68. The van der Waals surface area contributed by atoms with Crippen molar-refractivity contribution in [2.45, 2.75) is 31.9 Å². The van der Waals surface area contributed by atoms with Crippen LogP contribution in [-0.2, 0) is 25.5 Å². The maximum Gasteiger partial charge on any atom is 0.316 e. The fourth-order valence-corrected chi connectivity index (χ4v) is 3.73. The number of thiophene rings is 1. The molecule has 0 radical (unpaired) electrons. The molecule has 0 unspecified atom stereocenters. The predicted octanol–water partition coefficient (Wildman–Crippen LogP) is 4.46. The molecule has 6 heteroatoms. The minimum absolute atomic E-state index is 0.0683. The summed E-state index contributed by atoms with van der Waals surface area (Å²) in [5.74, 6) is 0.310. The van der Waals surface area contributed by atoms with Crippen LogP contribution in [0.1, 0.15) is 31.2 Å². The lowest BCUT2D eigenvalue weighted by molar-refractivity contribution is -0.144. The zero-order valence-corrected chi connectivity index (χ0v) is 16.3. The van der Waals surface area contributed by atoms with Crippen LogP contribution in [0.5, 0.6) is 0 Å². The number of rotatable bonds is 7. The molecule has 0 aliphatic carbocycles. The minimum Gasteiger partial charge on any atom is -0.455 e. The molecule has 1 heterocycles. The van der Waals surface area contributed by atoms with Gasteiger partial charge in [0.1, 0.15) is 0 Å². The van der Waals surface area contributed by atoms with E-state index >= 15 is 0 Å². The molecule has 1 N–H and O–H groups in total. The van der Waals surface area contributed by atoms with Crippen LogP contribution < -0.4 is 5.32 Å². The first kappa shape index (κ1) is 19.5. The topological polar surface area (TPSA) is 55.4 Å². The Hall–Kier alpha value is -1.79. The van der Waals surface area contributed by atoms with Gasteiger partial charge in [-0.05, 0) is 34.6 Å². The number of amides is 1. The van der Waals surface area contributed by atoms with Crippen molar-refractivity contribution in [1.82, 2.24) is 0 Å². The third-order valence-electron chi connectivity index (χ3n) is 3.44. The standard InChI is InChI=1S/C19H23NO3S2/c1-19(2,3)14-6-8-15(9-7-14)20-17(21)11-23-18(22)13-24-12-16-5-4-10-25-16/h4-10H,11-13H2,1-3H3,(H,20,21). The van der Waals surface area contributed by atoms with Crippen LogP contribution in [0.2, 0.25) is 0 Å². The van der Waals surface area contributed by atoms with E-state index in [-0.39, 0.29) is 29.7 Å². The van der Waals surface area contributed by atoms with Gasteiger partial charge in [-0.15, -0.1) is 23.1 Å². The van der Waals surface area contributed by atoms with Crippen molar-refractivity contribution in [3.63, 3.8) is 0 Å². The summed E-state index contributed by atoms with van der Waals surface area (Å²) >= 11 is 3.14. The van der Waals surface area contributed by atoms with Gasteiger partial charge in [0.25, 0.3) is 5.91 Å². The van der Waals surface area contributed by atoms with Gasteiger partial charge in [-0.3, -0.25) is 9.59 Å². The van der Waals surface area contributed by atoms with E-state index in [2.05, 4.69) is 26.1 Å². The molecule has 134 valence electrons. The van der Waals surface area contributed by atoms with Gasteiger partial charge in [0.15, 0.2) is 6.61 Å². The quantitative estimate of drug-likeness (QED) is 0.724. The molecule has 1 aromatic heterocycles. The van der Waals surface area contributed by atoms with Crippen molar-refractivity contribution >= 4 is 40.7 Å². The summed E-state index contributed by atoms with van der Waals surface area (Å²) in [4.78, 5) is 24.7. The Labute approximate surface area is 157 Å². The van der Waals surface area contributed by atoms with E-state index in [0.717, 1.165) is 5.75 Å². The average molecular weight is 378 g/mol. The number of anilines is 1. The molecule has 0 saturated heterocycles. The highest BCUT2D eigenvalue weighted by Gasteiger charge is 2.13. The van der Waals surface area contributed by atoms with Gasteiger partial charge in [0.05, 0.1) is 5.75 Å². The minimum atomic E-state index is -0.375. The van der Waals surface area contributed by atoms with E-state index in [1.54, 1.807) is 11.3 Å². The first-order valence-corrected chi connectivity index (χ1v) is 10.0. The Morgan fingerprint density at radius 2 is 1.88 bits per heavy atom. The lowest BCUT2D eigenvalue weighted by Gasteiger charge is -2.19. The van der Waals surface area contributed by atoms with Gasteiger partial charge in [-0.1, -0.05) is 39.0 Å². The van der Waals surface area contributed by atoms with Crippen LogP contribution in [0.25, 0.3) is 0 Å². The number of carbonyl (C=O) groups excluding carboxylic acids is 2. The molecular formula is C19H23NO3S2. The van der Waals surface area contributed by atoms with Crippen molar-refractivity contribution in [2.75, 3.05) is 17.7 Å². The monoisotopic (exact) mass is 377 g/mol. The third-order valence-corrected chi connectivity index (χ3v) is 5.46. The molecule has 0 atom stereocenters. The summed E-state index contributed by atoms with van der Waals surface area (Å²) in [6.45, 7) is 6.14. The molecule has 0 bridgehead atoms. The van der Waals surface area contributed by atoms with Gasteiger partial charge in [-0.2, -0.15) is 0 Å². The van der Waals surface area contributed by atoms with E-state index in [9.17, 15) is 9.59 Å². The number of benzene rings is 1. The molecule has 4 nitrogen and oxygen atoms in total. The fraction of sp³-hybridized carbons (Fsp3) is 0.368. The normalized spacial score (nSPS) is 11.2. The second kappa shape index (κ2) is 9.06. The molecule has 2 aromatic rings. The second-order valence-electron chi connectivity index (χ2n) is 6.61. The van der Waals surface area contributed by atoms with Gasteiger partial charge in [-0.25, -0.2) is 0 Å². The number of carbonyl (C=O) groups is 2. The Morgan fingerprint density at radius 1 is 1.16 bits per heavy atom. The Morgan fingerprint density at radius 3 is 2.48 bits per heavy atom. The molecule has 0 aliphatic rings.